The van der Waals surface area contributed by atoms with Gasteiger partial charge >= 0.3 is 6.03 Å². The van der Waals surface area contributed by atoms with Gasteiger partial charge in [0.15, 0.2) is 0 Å². The number of carbonyl (C=O) groups excluding carboxylic acids is 1. The van der Waals surface area contributed by atoms with E-state index in [2.05, 4.69) is 17.4 Å². The van der Waals surface area contributed by atoms with Crippen LogP contribution in [0.3, 0.4) is 0 Å². The molecule has 2 aromatic carbocycles. The summed E-state index contributed by atoms with van der Waals surface area (Å²) in [4.78, 5) is 14.3. The third-order valence-electron chi connectivity index (χ3n) is 4.93. The van der Waals surface area contributed by atoms with Gasteiger partial charge in [-0.15, -0.1) is 0 Å². The first-order valence-corrected chi connectivity index (χ1v) is 9.01. The van der Waals surface area contributed by atoms with E-state index in [9.17, 15) is 4.79 Å². The van der Waals surface area contributed by atoms with Gasteiger partial charge in [0.1, 0.15) is 11.5 Å². The van der Waals surface area contributed by atoms with Crippen LogP contribution >= 0.6 is 0 Å². The fraction of sp³-hybridized carbons (Fsp3) is 0.381. The predicted molar refractivity (Wildman–Crippen MR) is 103 cm³/mol. The van der Waals surface area contributed by atoms with Crippen LogP contribution in [-0.2, 0) is 6.42 Å². The molecule has 0 radical (unpaired) electrons. The first-order valence-electron chi connectivity index (χ1n) is 9.01. The Balaban J connectivity index is 1.46. The summed E-state index contributed by atoms with van der Waals surface area (Å²) < 4.78 is 10.3. The van der Waals surface area contributed by atoms with Crippen molar-refractivity contribution in [3.8, 4) is 11.5 Å². The number of anilines is 1. The highest BCUT2D eigenvalue weighted by Crippen LogP contribution is 2.24. The van der Waals surface area contributed by atoms with Crippen LogP contribution in [0.5, 0.6) is 11.5 Å². The van der Waals surface area contributed by atoms with E-state index in [1.54, 1.807) is 14.2 Å². The minimum absolute atomic E-state index is 0.0296. The molecule has 0 aromatic heterocycles. The SMILES string of the molecule is COc1ccc(CC2CCN(C(=O)Nc3ccc(OC)cc3)CC2)cc1. The van der Waals surface area contributed by atoms with E-state index in [4.69, 9.17) is 9.47 Å². The van der Waals surface area contributed by atoms with Crippen LogP contribution in [0.25, 0.3) is 0 Å². The van der Waals surface area contributed by atoms with Crippen molar-refractivity contribution in [2.24, 2.45) is 5.92 Å². The Morgan fingerprint density at radius 1 is 0.962 bits per heavy atom. The first kappa shape index (κ1) is 18.1. The minimum atomic E-state index is -0.0296. The zero-order valence-corrected chi connectivity index (χ0v) is 15.4. The molecule has 5 nitrogen and oxygen atoms in total. The Hall–Kier alpha value is -2.69. The Morgan fingerprint density at radius 2 is 1.50 bits per heavy atom. The van der Waals surface area contributed by atoms with E-state index in [1.165, 1.54) is 5.56 Å². The fourth-order valence-electron chi connectivity index (χ4n) is 3.31. The number of nitrogens with one attached hydrogen (secondary N) is 1. The smallest absolute Gasteiger partial charge is 0.321 e. The number of ether oxygens (including phenoxy) is 2. The number of piperidine rings is 1. The number of amides is 2. The van der Waals surface area contributed by atoms with Crippen LogP contribution in [0.2, 0.25) is 0 Å². The van der Waals surface area contributed by atoms with Gasteiger partial charge in [-0.1, -0.05) is 12.1 Å². The summed E-state index contributed by atoms with van der Waals surface area (Å²) in [5.74, 6) is 2.29. The van der Waals surface area contributed by atoms with E-state index < -0.39 is 0 Å². The second kappa shape index (κ2) is 8.61. The van der Waals surface area contributed by atoms with Gasteiger partial charge in [0.25, 0.3) is 0 Å². The van der Waals surface area contributed by atoms with E-state index in [0.717, 1.165) is 49.5 Å². The second-order valence-electron chi connectivity index (χ2n) is 6.64. The standard InChI is InChI=1S/C21H26N2O3/c1-25-19-7-3-16(4-8-19)15-17-11-13-23(14-12-17)21(24)22-18-5-9-20(26-2)10-6-18/h3-10,17H,11-15H2,1-2H3,(H,22,24). The lowest BCUT2D eigenvalue weighted by molar-refractivity contribution is 0.182. The van der Waals surface area contributed by atoms with Crippen molar-refractivity contribution in [2.75, 3.05) is 32.6 Å². The predicted octanol–water partition coefficient (Wildman–Crippen LogP) is 4.19. The maximum atomic E-state index is 12.4. The summed E-state index contributed by atoms with van der Waals surface area (Å²) in [5, 5.41) is 2.96. The Bertz CT molecular complexity index is 705. The largest absolute Gasteiger partial charge is 0.497 e. The molecule has 1 fully saturated rings. The molecule has 0 atom stereocenters. The average Bonchev–Trinajstić information content (AvgIpc) is 2.69. The molecule has 0 saturated carbocycles. The van der Waals surface area contributed by atoms with Gasteiger partial charge in [-0.25, -0.2) is 4.79 Å². The van der Waals surface area contributed by atoms with Crippen LogP contribution < -0.4 is 14.8 Å². The van der Waals surface area contributed by atoms with Crippen molar-refractivity contribution in [2.45, 2.75) is 19.3 Å². The number of nitrogens with zero attached hydrogens (tertiary/aromatic N) is 1. The van der Waals surface area contributed by atoms with Crippen molar-refractivity contribution in [3.05, 3.63) is 54.1 Å². The molecule has 1 aliphatic heterocycles. The van der Waals surface area contributed by atoms with Gasteiger partial charge in [0.05, 0.1) is 14.2 Å². The molecule has 2 amide bonds. The summed E-state index contributed by atoms with van der Waals surface area (Å²) >= 11 is 0. The number of carbonyl (C=O) groups is 1. The van der Waals surface area contributed by atoms with Crippen LogP contribution in [0.4, 0.5) is 10.5 Å². The Morgan fingerprint density at radius 3 is 2.04 bits per heavy atom. The van der Waals surface area contributed by atoms with Crippen molar-refractivity contribution in [1.82, 2.24) is 4.90 Å². The molecule has 2 aromatic rings. The number of likely N-dealkylation sites (tertiary alicyclic amines) is 1. The van der Waals surface area contributed by atoms with E-state index >= 15 is 0 Å². The molecule has 3 rings (SSSR count). The third kappa shape index (κ3) is 4.69. The molecule has 0 spiro atoms. The van der Waals surface area contributed by atoms with Gasteiger partial charge in [-0.3, -0.25) is 0 Å². The van der Waals surface area contributed by atoms with Crippen LogP contribution in [-0.4, -0.2) is 38.2 Å². The van der Waals surface area contributed by atoms with E-state index in [-0.39, 0.29) is 6.03 Å². The number of urea groups is 1. The molecule has 0 bridgehead atoms. The Kier molecular flexibility index (Phi) is 6.00. The van der Waals surface area contributed by atoms with Crippen molar-refractivity contribution >= 4 is 11.7 Å². The third-order valence-corrected chi connectivity index (χ3v) is 4.93. The molecule has 1 N–H and O–H groups in total. The van der Waals surface area contributed by atoms with Gasteiger partial charge in [-0.05, 0) is 67.1 Å². The van der Waals surface area contributed by atoms with Crippen LogP contribution in [0.1, 0.15) is 18.4 Å². The minimum Gasteiger partial charge on any atom is -0.497 e. The zero-order chi connectivity index (χ0) is 18.4. The van der Waals surface area contributed by atoms with Crippen LogP contribution in [0, 0.1) is 5.92 Å². The normalized spacial score (nSPS) is 14.8. The van der Waals surface area contributed by atoms with Gasteiger partial charge in [-0.2, -0.15) is 0 Å². The summed E-state index contributed by atoms with van der Waals surface area (Å²) in [5.41, 5.74) is 2.11. The summed E-state index contributed by atoms with van der Waals surface area (Å²) in [7, 11) is 3.31. The number of benzene rings is 2. The van der Waals surface area contributed by atoms with E-state index in [0.29, 0.717) is 5.92 Å². The van der Waals surface area contributed by atoms with Crippen molar-refractivity contribution < 1.29 is 14.3 Å². The number of rotatable bonds is 5. The van der Waals surface area contributed by atoms with Gasteiger partial charge in [0.2, 0.25) is 0 Å². The maximum absolute atomic E-state index is 12.4. The highest BCUT2D eigenvalue weighted by atomic mass is 16.5. The lowest BCUT2D eigenvalue weighted by Gasteiger charge is -2.32. The zero-order valence-electron chi connectivity index (χ0n) is 15.4. The molecule has 1 aliphatic rings. The summed E-state index contributed by atoms with van der Waals surface area (Å²) in [6, 6.07) is 15.6. The quantitative estimate of drug-likeness (QED) is 0.876. The van der Waals surface area contributed by atoms with Gasteiger partial charge < -0.3 is 19.7 Å². The molecule has 1 heterocycles. The monoisotopic (exact) mass is 354 g/mol. The molecule has 0 unspecified atom stereocenters. The second-order valence-corrected chi connectivity index (χ2v) is 6.64. The molecule has 1 saturated heterocycles. The molecule has 5 heteroatoms. The summed E-state index contributed by atoms with van der Waals surface area (Å²) in [6.07, 6.45) is 3.11. The molecule has 26 heavy (non-hydrogen) atoms. The number of hydrogen-bond donors (Lipinski definition) is 1. The maximum Gasteiger partial charge on any atom is 0.321 e. The first-order chi connectivity index (χ1) is 12.7. The lowest BCUT2D eigenvalue weighted by Crippen LogP contribution is -2.41. The summed E-state index contributed by atoms with van der Waals surface area (Å²) in [6.45, 7) is 1.59. The highest BCUT2D eigenvalue weighted by Gasteiger charge is 2.23. The molecular weight excluding hydrogens is 328 g/mol. The van der Waals surface area contributed by atoms with Crippen molar-refractivity contribution in [1.29, 1.82) is 0 Å². The average molecular weight is 354 g/mol. The topological polar surface area (TPSA) is 50.8 Å². The molecule has 138 valence electrons. The van der Waals surface area contributed by atoms with E-state index in [1.807, 2.05) is 41.3 Å². The molecule has 0 aliphatic carbocycles. The highest BCUT2D eigenvalue weighted by molar-refractivity contribution is 5.89. The molecular formula is C21H26N2O3. The lowest BCUT2D eigenvalue weighted by atomic mass is 9.90. The van der Waals surface area contributed by atoms with Gasteiger partial charge in [0, 0.05) is 18.8 Å². The number of hydrogen-bond acceptors (Lipinski definition) is 3. The fourth-order valence-corrected chi connectivity index (χ4v) is 3.31. The van der Waals surface area contributed by atoms with Crippen LogP contribution in [0.15, 0.2) is 48.5 Å². The van der Waals surface area contributed by atoms with Crippen molar-refractivity contribution in [3.63, 3.8) is 0 Å². The number of methoxy groups -OCH3 is 2. The Labute approximate surface area is 154 Å².